The zero-order chi connectivity index (χ0) is 21.0. The fraction of sp³-hybridized carbons (Fsp3) is 0.261. The number of aryl methyl sites for hydroxylation is 1. The number of rotatable bonds is 6. The minimum atomic E-state index is -0.437. The number of aromatic nitrogens is 1. The molecule has 2 aromatic heterocycles. The molecule has 0 bridgehead atoms. The van der Waals surface area contributed by atoms with E-state index in [-0.39, 0.29) is 12.5 Å². The molecule has 0 aliphatic carbocycles. The van der Waals surface area contributed by atoms with Crippen molar-refractivity contribution in [3.8, 4) is 10.4 Å². The van der Waals surface area contributed by atoms with Crippen molar-refractivity contribution in [2.24, 2.45) is 0 Å². The van der Waals surface area contributed by atoms with E-state index >= 15 is 0 Å². The molecule has 1 amide bonds. The molecule has 3 rings (SSSR count). The molecule has 0 fully saturated rings. The first-order valence-electron chi connectivity index (χ1n) is 9.57. The van der Waals surface area contributed by atoms with Gasteiger partial charge in [0.25, 0.3) is 5.91 Å². The van der Waals surface area contributed by atoms with E-state index in [9.17, 15) is 9.59 Å². The van der Waals surface area contributed by atoms with Crippen LogP contribution in [0.4, 0.5) is 5.00 Å². The van der Waals surface area contributed by atoms with Crippen LogP contribution in [-0.4, -0.2) is 18.5 Å². The molecule has 1 aromatic carbocycles. The van der Waals surface area contributed by atoms with E-state index in [1.54, 1.807) is 13.0 Å². The third kappa shape index (κ3) is 4.54. The van der Waals surface area contributed by atoms with E-state index in [2.05, 4.69) is 5.32 Å². The number of thiophene rings is 1. The zero-order valence-electron chi connectivity index (χ0n) is 17.1. The Morgan fingerprint density at radius 2 is 1.86 bits per heavy atom. The van der Waals surface area contributed by atoms with Gasteiger partial charge in [-0.3, -0.25) is 4.79 Å². The normalized spacial score (nSPS) is 11.7. The van der Waals surface area contributed by atoms with Crippen LogP contribution in [-0.2, 0) is 9.53 Å². The van der Waals surface area contributed by atoms with E-state index in [1.807, 2.05) is 74.0 Å². The van der Waals surface area contributed by atoms with Crippen LogP contribution in [0.15, 0.2) is 54.7 Å². The van der Waals surface area contributed by atoms with Gasteiger partial charge in [-0.1, -0.05) is 30.3 Å². The average molecular weight is 410 g/mol. The molecular weight excluding hydrogens is 384 g/mol. The first-order valence-corrected chi connectivity index (χ1v) is 10.4. The Bertz CT molecular complexity index is 1030. The Morgan fingerprint density at radius 3 is 2.55 bits per heavy atom. The second kappa shape index (κ2) is 9.01. The van der Waals surface area contributed by atoms with Gasteiger partial charge in [-0.25, -0.2) is 4.79 Å². The van der Waals surface area contributed by atoms with Gasteiger partial charge < -0.3 is 10.1 Å². The summed E-state index contributed by atoms with van der Waals surface area (Å²) in [5, 5.41) is 3.45. The maximum absolute atomic E-state index is 13.0. The summed E-state index contributed by atoms with van der Waals surface area (Å²) >= 11 is 1.37. The molecule has 0 aliphatic rings. The number of esters is 1. The number of nitrogens with zero attached hydrogens (tertiary/aromatic N) is 1. The van der Waals surface area contributed by atoms with E-state index in [0.29, 0.717) is 10.6 Å². The highest BCUT2D eigenvalue weighted by Crippen LogP contribution is 2.36. The number of carbonyl (C=O) groups is 2. The topological polar surface area (TPSA) is 59.3 Å². The fourth-order valence-corrected chi connectivity index (χ4v) is 4.12. The quantitative estimate of drug-likeness (QED) is 0.474. The van der Waals surface area contributed by atoms with Crippen molar-refractivity contribution in [1.29, 1.82) is 0 Å². The van der Waals surface area contributed by atoms with Gasteiger partial charge in [0.15, 0.2) is 11.9 Å². The summed E-state index contributed by atoms with van der Waals surface area (Å²) in [6.45, 7) is 7.89. The van der Waals surface area contributed by atoms with Gasteiger partial charge >= 0.3 is 5.97 Å². The van der Waals surface area contributed by atoms with Crippen LogP contribution in [0.3, 0.4) is 0 Å². The molecule has 6 heteroatoms. The van der Waals surface area contributed by atoms with E-state index < -0.39 is 12.0 Å². The second-order valence-electron chi connectivity index (χ2n) is 6.79. The van der Waals surface area contributed by atoms with Gasteiger partial charge in [-0.2, -0.15) is 4.57 Å². The maximum Gasteiger partial charge on any atom is 0.341 e. The largest absolute Gasteiger partial charge is 0.462 e. The Labute approximate surface area is 175 Å². The van der Waals surface area contributed by atoms with Gasteiger partial charge in [0.05, 0.1) is 12.2 Å². The lowest BCUT2D eigenvalue weighted by Crippen LogP contribution is -2.47. The summed E-state index contributed by atoms with van der Waals surface area (Å²) in [6, 6.07) is 15.1. The number of hydrogen-bond acceptors (Lipinski definition) is 4. The monoisotopic (exact) mass is 409 g/mol. The van der Waals surface area contributed by atoms with Crippen molar-refractivity contribution in [1.82, 2.24) is 0 Å². The van der Waals surface area contributed by atoms with Crippen LogP contribution in [0.1, 0.15) is 41.5 Å². The van der Waals surface area contributed by atoms with Crippen LogP contribution in [0.25, 0.3) is 10.4 Å². The van der Waals surface area contributed by atoms with Crippen LogP contribution >= 0.6 is 11.3 Å². The lowest BCUT2D eigenvalue weighted by molar-refractivity contribution is -0.711. The van der Waals surface area contributed by atoms with Crippen molar-refractivity contribution in [2.45, 2.75) is 33.7 Å². The minimum Gasteiger partial charge on any atom is -0.462 e. The number of carbonyl (C=O) groups excluding carboxylic acids is 2. The summed E-state index contributed by atoms with van der Waals surface area (Å²) in [7, 11) is 0. The molecule has 1 atom stereocenters. The third-order valence-corrected chi connectivity index (χ3v) is 5.97. The third-order valence-electron chi connectivity index (χ3n) is 4.87. The molecular formula is C23H25N2O3S+. The predicted molar refractivity (Wildman–Crippen MR) is 115 cm³/mol. The fourth-order valence-electron chi connectivity index (χ4n) is 3.07. The van der Waals surface area contributed by atoms with Gasteiger partial charge in [0.1, 0.15) is 5.00 Å². The molecule has 0 radical (unpaired) electrons. The smallest absolute Gasteiger partial charge is 0.341 e. The molecule has 0 unspecified atom stereocenters. The average Bonchev–Trinajstić information content (AvgIpc) is 3.14. The Kier molecular flexibility index (Phi) is 6.44. The maximum atomic E-state index is 13.0. The van der Waals surface area contributed by atoms with Crippen molar-refractivity contribution < 1.29 is 18.9 Å². The zero-order valence-corrected chi connectivity index (χ0v) is 17.9. The summed E-state index contributed by atoms with van der Waals surface area (Å²) in [4.78, 5) is 26.3. The molecule has 29 heavy (non-hydrogen) atoms. The number of ether oxygens (including phenoxy) is 1. The van der Waals surface area contributed by atoms with Gasteiger partial charge in [-0.15, -0.1) is 11.3 Å². The molecule has 0 spiro atoms. The lowest BCUT2D eigenvalue weighted by Gasteiger charge is -2.11. The van der Waals surface area contributed by atoms with Crippen LogP contribution < -0.4 is 9.88 Å². The molecule has 0 saturated carbocycles. The molecule has 1 N–H and O–H groups in total. The minimum absolute atomic E-state index is 0.185. The number of benzene rings is 1. The highest BCUT2D eigenvalue weighted by molar-refractivity contribution is 7.20. The summed E-state index contributed by atoms with van der Waals surface area (Å²) in [5.74, 6) is -0.621. The number of anilines is 1. The van der Waals surface area contributed by atoms with Gasteiger partial charge in [0.2, 0.25) is 6.04 Å². The summed E-state index contributed by atoms with van der Waals surface area (Å²) < 4.78 is 7.12. The van der Waals surface area contributed by atoms with Crippen LogP contribution in [0, 0.1) is 13.8 Å². The van der Waals surface area contributed by atoms with E-state index in [0.717, 1.165) is 21.7 Å². The van der Waals surface area contributed by atoms with Crippen LogP contribution in [0.2, 0.25) is 0 Å². The van der Waals surface area contributed by atoms with Gasteiger partial charge in [0, 0.05) is 30.4 Å². The number of pyridine rings is 1. The number of amides is 1. The van der Waals surface area contributed by atoms with Crippen molar-refractivity contribution >= 4 is 28.2 Å². The highest BCUT2D eigenvalue weighted by Gasteiger charge is 2.27. The summed E-state index contributed by atoms with van der Waals surface area (Å²) in [5.41, 5.74) is 3.50. The Balaban J connectivity index is 1.92. The van der Waals surface area contributed by atoms with Crippen LogP contribution in [0.5, 0.6) is 0 Å². The first-order chi connectivity index (χ1) is 13.9. The standard InChI is InChI=1S/C23H24N2O3S/c1-5-28-23(27)19-14-20(18-11-7-6-8-12-18)29-22(19)24-21(26)17(4)25-13-9-10-15(2)16(25)3/h6-14,17H,5H2,1-4H3/p+1/t17-/m0/s1. The Hall–Kier alpha value is -2.99. The van der Waals surface area contributed by atoms with Crippen molar-refractivity contribution in [3.05, 3.63) is 71.5 Å². The SMILES string of the molecule is CCOC(=O)c1cc(-c2ccccc2)sc1NC(=O)[C@H](C)[n+]1cccc(C)c1C. The molecule has 150 valence electrons. The van der Waals surface area contributed by atoms with Crippen molar-refractivity contribution in [2.75, 3.05) is 11.9 Å². The highest BCUT2D eigenvalue weighted by atomic mass is 32.1. The first kappa shape index (κ1) is 20.7. The molecule has 2 heterocycles. The Morgan fingerprint density at radius 1 is 1.14 bits per heavy atom. The second-order valence-corrected chi connectivity index (χ2v) is 7.84. The molecule has 0 saturated heterocycles. The van der Waals surface area contributed by atoms with E-state index in [4.69, 9.17) is 4.74 Å². The van der Waals surface area contributed by atoms with Crippen molar-refractivity contribution in [3.63, 3.8) is 0 Å². The lowest BCUT2D eigenvalue weighted by atomic mass is 10.1. The van der Waals surface area contributed by atoms with Gasteiger partial charge in [-0.05, 0) is 31.5 Å². The van der Waals surface area contributed by atoms with E-state index in [1.165, 1.54) is 11.3 Å². The number of hydrogen-bond donors (Lipinski definition) is 1. The molecule has 0 aliphatic heterocycles. The molecule has 5 nitrogen and oxygen atoms in total. The molecule has 3 aromatic rings. The number of nitrogens with one attached hydrogen (secondary N) is 1. The summed E-state index contributed by atoms with van der Waals surface area (Å²) in [6.07, 6.45) is 1.89. The predicted octanol–water partition coefficient (Wildman–Crippen LogP) is 4.70.